The number of likely N-dealkylation sites (tertiary alicyclic amines) is 1. The molecule has 11 heteroatoms. The highest BCUT2D eigenvalue weighted by Gasteiger charge is 2.31. The minimum atomic E-state index is -0.119. The van der Waals surface area contributed by atoms with Crippen molar-refractivity contribution in [2.75, 3.05) is 44.8 Å². The molecular weight excluding hydrogens is 630 g/mol. The van der Waals surface area contributed by atoms with Gasteiger partial charge >= 0.3 is 0 Å². The van der Waals surface area contributed by atoms with E-state index in [4.69, 9.17) is 22.4 Å². The van der Waals surface area contributed by atoms with Crippen LogP contribution in [0.5, 0.6) is 5.75 Å². The fourth-order valence-electron chi connectivity index (χ4n) is 7.11. The Labute approximate surface area is 294 Å². The number of para-hydroxylation sites is 1. The number of unbranched alkanes of at least 4 members (excludes halogenated alkanes) is 1. The highest BCUT2D eigenvalue weighted by atomic mass is 16.5. The molecule has 0 aromatic heterocycles. The second-order valence-corrected chi connectivity index (χ2v) is 13.1. The molecule has 0 saturated carbocycles. The molecule has 0 radical (unpaired) electrons. The fraction of sp³-hybridized carbons (Fsp3) is 0.385. The van der Waals surface area contributed by atoms with Crippen molar-refractivity contribution in [2.45, 2.75) is 57.0 Å². The van der Waals surface area contributed by atoms with Crippen LogP contribution in [0.2, 0.25) is 0 Å². The predicted octanol–water partition coefficient (Wildman–Crippen LogP) is 5.07. The standard InChI is InChI=1S/C34H39N7O2.C5H10O2/c35-31(29-3-1-2-4-32(29)42)20-30(33(36)37)23-5-8-26(9-6-23)40-17-13-27(14-18-40)39-15-11-22(12-16-39)24-7-10-28-25(19-24)21-41(38)34(28)43;1-7-5-3-2-4-6/h1-10,19-20,22,27,35,42H,11-18,21,38H2,(H3,36,37);4H,2-3,5H2,1H3/b30-20-,35-31?;. The molecular formula is C39H49N7O4. The van der Waals surface area contributed by atoms with Gasteiger partial charge in [-0.15, -0.1) is 0 Å². The molecule has 2 saturated heterocycles. The van der Waals surface area contributed by atoms with Crippen molar-refractivity contribution in [2.24, 2.45) is 11.6 Å². The lowest BCUT2D eigenvalue weighted by Gasteiger charge is -2.42. The van der Waals surface area contributed by atoms with Gasteiger partial charge in [0.2, 0.25) is 0 Å². The molecule has 0 atom stereocenters. The molecule has 1 amide bonds. The monoisotopic (exact) mass is 679 g/mol. The van der Waals surface area contributed by atoms with E-state index in [2.05, 4.69) is 38.8 Å². The lowest BCUT2D eigenvalue weighted by molar-refractivity contribution is -0.108. The number of ether oxygens (including phenoxy) is 1. The average molecular weight is 680 g/mol. The number of amidine groups is 1. The summed E-state index contributed by atoms with van der Waals surface area (Å²) < 4.78 is 4.69. The molecule has 3 heterocycles. The van der Waals surface area contributed by atoms with Crippen LogP contribution in [0.3, 0.4) is 0 Å². The molecule has 0 unspecified atom stereocenters. The molecule has 264 valence electrons. The fourth-order valence-corrected chi connectivity index (χ4v) is 7.11. The Kier molecular flexibility index (Phi) is 12.5. The van der Waals surface area contributed by atoms with E-state index in [9.17, 15) is 14.7 Å². The van der Waals surface area contributed by atoms with E-state index in [0.717, 1.165) is 86.9 Å². The van der Waals surface area contributed by atoms with E-state index in [1.165, 1.54) is 10.6 Å². The number of aldehydes is 1. The zero-order valence-corrected chi connectivity index (χ0v) is 28.8. The van der Waals surface area contributed by atoms with Gasteiger partial charge in [0.25, 0.3) is 5.91 Å². The summed E-state index contributed by atoms with van der Waals surface area (Å²) in [6, 6.07) is 21.6. The SMILES string of the molecule is COCCCC=O.N=C(N)/C(=C\C(=N)c1ccccc1O)c1ccc(N2CCC(N3CCC(c4ccc5c(c4)CN(N)C5=O)CC3)CC2)cc1. The molecule has 6 rings (SSSR count). The second-order valence-electron chi connectivity index (χ2n) is 13.1. The van der Waals surface area contributed by atoms with E-state index in [1.54, 1.807) is 37.5 Å². The molecule has 7 N–H and O–H groups in total. The molecule has 3 aliphatic rings. The first-order valence-electron chi connectivity index (χ1n) is 17.3. The number of hydrogen-bond acceptors (Lipinski definition) is 9. The van der Waals surface area contributed by atoms with Crippen molar-refractivity contribution in [1.82, 2.24) is 9.91 Å². The summed E-state index contributed by atoms with van der Waals surface area (Å²) in [6.07, 6.45) is 8.42. The third-order valence-electron chi connectivity index (χ3n) is 9.93. The van der Waals surface area contributed by atoms with E-state index >= 15 is 0 Å². The van der Waals surface area contributed by atoms with Gasteiger partial charge in [0.05, 0.1) is 12.3 Å². The third kappa shape index (κ3) is 8.84. The van der Waals surface area contributed by atoms with E-state index in [1.807, 2.05) is 18.2 Å². The maximum Gasteiger partial charge on any atom is 0.268 e. The number of fused-ring (bicyclic) bond motifs is 1. The van der Waals surface area contributed by atoms with Crippen LogP contribution in [0.4, 0.5) is 5.69 Å². The zero-order valence-electron chi connectivity index (χ0n) is 28.8. The number of allylic oxidation sites excluding steroid dienone is 1. The summed E-state index contributed by atoms with van der Waals surface area (Å²) in [5, 5.41) is 27.9. The molecule has 50 heavy (non-hydrogen) atoms. The van der Waals surface area contributed by atoms with Gasteiger partial charge in [-0.25, -0.2) is 5.84 Å². The van der Waals surface area contributed by atoms with Crippen molar-refractivity contribution in [3.05, 3.63) is 101 Å². The van der Waals surface area contributed by atoms with Crippen LogP contribution in [0.25, 0.3) is 5.57 Å². The van der Waals surface area contributed by atoms with Crippen LogP contribution in [-0.4, -0.2) is 84.7 Å². The van der Waals surface area contributed by atoms with Gasteiger partial charge in [-0.05, 0) is 104 Å². The molecule has 0 aliphatic carbocycles. The molecule has 0 spiro atoms. The van der Waals surface area contributed by atoms with Crippen molar-refractivity contribution in [1.29, 1.82) is 10.8 Å². The Morgan fingerprint density at radius 2 is 1.68 bits per heavy atom. The first-order chi connectivity index (χ1) is 24.2. The number of phenols is 1. The van der Waals surface area contributed by atoms with Gasteiger partial charge < -0.3 is 35.6 Å². The number of methoxy groups -OCH3 is 1. The number of nitrogens with zero attached hydrogens (tertiary/aromatic N) is 3. The Morgan fingerprint density at radius 1 is 0.980 bits per heavy atom. The van der Waals surface area contributed by atoms with E-state index in [0.29, 0.717) is 42.7 Å². The summed E-state index contributed by atoms with van der Waals surface area (Å²) in [4.78, 5) is 26.8. The number of anilines is 1. The van der Waals surface area contributed by atoms with Crippen LogP contribution >= 0.6 is 0 Å². The highest BCUT2D eigenvalue weighted by molar-refractivity contribution is 6.27. The molecule has 11 nitrogen and oxygen atoms in total. The van der Waals surface area contributed by atoms with Crippen LogP contribution in [0, 0.1) is 10.8 Å². The summed E-state index contributed by atoms with van der Waals surface area (Å²) >= 11 is 0. The summed E-state index contributed by atoms with van der Waals surface area (Å²) in [6.45, 7) is 5.37. The number of benzene rings is 3. The number of aromatic hydroxyl groups is 1. The lowest BCUT2D eigenvalue weighted by Crippen LogP contribution is -2.47. The summed E-state index contributed by atoms with van der Waals surface area (Å²) in [7, 11) is 1.63. The van der Waals surface area contributed by atoms with Crippen molar-refractivity contribution in [3.8, 4) is 5.75 Å². The number of carbonyl (C=O) groups is 2. The lowest BCUT2D eigenvalue weighted by atomic mass is 9.86. The van der Waals surface area contributed by atoms with Gasteiger partial charge in [-0.3, -0.25) is 15.2 Å². The van der Waals surface area contributed by atoms with Crippen LogP contribution in [0.15, 0.2) is 72.8 Å². The van der Waals surface area contributed by atoms with E-state index in [-0.39, 0.29) is 23.2 Å². The first kappa shape index (κ1) is 36.4. The maximum atomic E-state index is 12.1. The summed E-state index contributed by atoms with van der Waals surface area (Å²) in [5.74, 6) is 6.16. The van der Waals surface area contributed by atoms with Gasteiger partial charge in [-0.1, -0.05) is 36.4 Å². The number of carbonyl (C=O) groups excluding carboxylic acids is 2. The number of hydrogen-bond donors (Lipinski definition) is 5. The van der Waals surface area contributed by atoms with Crippen LogP contribution < -0.4 is 16.5 Å². The normalized spacial score (nSPS) is 17.2. The van der Waals surface area contributed by atoms with Crippen LogP contribution in [0.1, 0.15) is 77.1 Å². The third-order valence-corrected chi connectivity index (χ3v) is 9.93. The smallest absolute Gasteiger partial charge is 0.268 e. The topological polar surface area (TPSA) is 173 Å². The number of phenolic OH excluding ortho intramolecular Hbond substituents is 1. The van der Waals surface area contributed by atoms with Crippen molar-refractivity contribution < 1.29 is 19.4 Å². The zero-order chi connectivity index (χ0) is 35.6. The summed E-state index contributed by atoms with van der Waals surface area (Å²) in [5.41, 5.74) is 11.9. The van der Waals surface area contributed by atoms with Crippen molar-refractivity contribution >= 4 is 35.0 Å². The van der Waals surface area contributed by atoms with Crippen LogP contribution in [-0.2, 0) is 16.1 Å². The molecule has 0 bridgehead atoms. The highest BCUT2D eigenvalue weighted by Crippen LogP contribution is 2.34. The number of nitrogens with one attached hydrogen (secondary N) is 2. The van der Waals surface area contributed by atoms with Gasteiger partial charge in [0, 0.05) is 61.7 Å². The Morgan fingerprint density at radius 3 is 2.32 bits per heavy atom. The minimum Gasteiger partial charge on any atom is -0.507 e. The minimum absolute atomic E-state index is 0.0247. The molecule has 3 aromatic carbocycles. The van der Waals surface area contributed by atoms with Gasteiger partial charge in [0.15, 0.2) is 0 Å². The molecule has 3 aliphatic heterocycles. The second kappa shape index (κ2) is 17.2. The number of hydrazine groups is 1. The maximum absolute atomic E-state index is 12.1. The van der Waals surface area contributed by atoms with Gasteiger partial charge in [0.1, 0.15) is 17.9 Å². The number of nitrogens with two attached hydrogens (primary N) is 2. The number of piperidine rings is 2. The van der Waals surface area contributed by atoms with E-state index < -0.39 is 0 Å². The Bertz CT molecular complexity index is 1690. The van der Waals surface area contributed by atoms with Crippen molar-refractivity contribution in [3.63, 3.8) is 0 Å². The quantitative estimate of drug-likeness (QED) is 0.0467. The first-order valence-corrected chi connectivity index (χ1v) is 17.3. The largest absolute Gasteiger partial charge is 0.507 e. The molecule has 3 aromatic rings. The van der Waals surface area contributed by atoms with Gasteiger partial charge in [-0.2, -0.15) is 0 Å². The Hall–Kier alpha value is -4.84. The molecule has 2 fully saturated rings. The predicted molar refractivity (Wildman–Crippen MR) is 198 cm³/mol. The average Bonchev–Trinajstić information content (AvgIpc) is 3.43. The number of amides is 1. The number of rotatable bonds is 11. The Balaban J connectivity index is 0.000000630.